The van der Waals surface area contributed by atoms with Gasteiger partial charge < -0.3 is 14.4 Å². The molecule has 3 rings (SSSR count). The van der Waals surface area contributed by atoms with Gasteiger partial charge in [0.1, 0.15) is 0 Å². The van der Waals surface area contributed by atoms with Crippen LogP contribution in [0.25, 0.3) is 11.0 Å². The highest BCUT2D eigenvalue weighted by molar-refractivity contribution is 6.01. The zero-order chi connectivity index (χ0) is 13.4. The molecule has 0 bridgehead atoms. The largest absolute Gasteiger partial charge is 0.478 e. The molecule has 1 heterocycles. The molecule has 0 spiro atoms. The number of hydrogen-bond acceptors (Lipinski definition) is 3. The molecular weight excluding hydrogens is 244 g/mol. The van der Waals surface area contributed by atoms with Crippen molar-refractivity contribution < 1.29 is 14.6 Å². The summed E-state index contributed by atoms with van der Waals surface area (Å²) in [6.45, 7) is 0. The number of hydrogen-bond donors (Lipinski definition) is 1. The number of rotatable bonds is 3. The number of fused-ring (bicyclic) bond motifs is 1. The average Bonchev–Trinajstić information content (AvgIpc) is 3.03. The maximum absolute atomic E-state index is 11.3. The molecule has 19 heavy (non-hydrogen) atoms. The Morgan fingerprint density at radius 1 is 1.47 bits per heavy atom. The van der Waals surface area contributed by atoms with Gasteiger partial charge in [-0.2, -0.15) is 0 Å². The third-order valence-electron chi connectivity index (χ3n) is 3.91. The molecule has 0 radical (unpaired) electrons. The Hall–Kier alpha value is -1.88. The fourth-order valence-electron chi connectivity index (χ4n) is 2.92. The van der Waals surface area contributed by atoms with Gasteiger partial charge in [-0.3, -0.25) is 0 Å². The van der Waals surface area contributed by atoms with Gasteiger partial charge in [0.25, 0.3) is 0 Å². The van der Waals surface area contributed by atoms with E-state index in [-0.39, 0.29) is 12.1 Å². The number of para-hydroxylation sites is 1. The van der Waals surface area contributed by atoms with E-state index in [0.717, 1.165) is 30.3 Å². The quantitative estimate of drug-likeness (QED) is 0.920. The van der Waals surface area contributed by atoms with Crippen molar-refractivity contribution in [2.45, 2.75) is 31.4 Å². The van der Waals surface area contributed by atoms with Crippen LogP contribution in [0, 0.1) is 0 Å². The summed E-state index contributed by atoms with van der Waals surface area (Å²) >= 11 is 0. The lowest BCUT2D eigenvalue weighted by molar-refractivity contribution is 0.0698. The highest BCUT2D eigenvalue weighted by Gasteiger charge is 2.27. The van der Waals surface area contributed by atoms with Gasteiger partial charge in [0, 0.05) is 13.2 Å². The summed E-state index contributed by atoms with van der Waals surface area (Å²) in [5, 5.41) is 9.30. The lowest BCUT2D eigenvalue weighted by Gasteiger charge is -2.14. The van der Waals surface area contributed by atoms with Crippen LogP contribution in [0.2, 0.25) is 0 Å². The molecule has 1 fully saturated rings. The van der Waals surface area contributed by atoms with E-state index < -0.39 is 5.97 Å². The van der Waals surface area contributed by atoms with Gasteiger partial charge >= 0.3 is 5.97 Å². The Bertz CT molecular complexity index is 620. The molecule has 1 saturated carbocycles. The van der Waals surface area contributed by atoms with Crippen molar-refractivity contribution >= 4 is 17.0 Å². The van der Waals surface area contributed by atoms with Crippen LogP contribution >= 0.6 is 0 Å². The molecule has 1 aromatic heterocycles. The minimum Gasteiger partial charge on any atom is -0.478 e. The molecule has 100 valence electrons. The molecule has 1 aromatic carbocycles. The third-order valence-corrected chi connectivity index (χ3v) is 3.91. The number of imidazole rings is 1. The van der Waals surface area contributed by atoms with E-state index in [1.807, 2.05) is 10.6 Å². The van der Waals surface area contributed by atoms with Crippen molar-refractivity contribution in [1.82, 2.24) is 9.55 Å². The van der Waals surface area contributed by atoms with Crippen molar-refractivity contribution in [1.29, 1.82) is 0 Å². The Morgan fingerprint density at radius 3 is 3.00 bits per heavy atom. The van der Waals surface area contributed by atoms with E-state index >= 15 is 0 Å². The second-order valence-electron chi connectivity index (χ2n) is 4.95. The van der Waals surface area contributed by atoms with Gasteiger partial charge in [0.15, 0.2) is 0 Å². The summed E-state index contributed by atoms with van der Waals surface area (Å²) in [7, 11) is 1.72. The fourth-order valence-corrected chi connectivity index (χ4v) is 2.92. The number of aromatic nitrogens is 2. The molecule has 2 unspecified atom stereocenters. The summed E-state index contributed by atoms with van der Waals surface area (Å²) in [6, 6.07) is 5.48. The molecule has 0 aliphatic heterocycles. The van der Waals surface area contributed by atoms with E-state index in [1.165, 1.54) is 0 Å². The van der Waals surface area contributed by atoms with Crippen molar-refractivity contribution in [2.75, 3.05) is 7.11 Å². The van der Waals surface area contributed by atoms with Crippen LogP contribution in [-0.4, -0.2) is 33.8 Å². The van der Waals surface area contributed by atoms with Crippen LogP contribution in [0.3, 0.4) is 0 Å². The number of ether oxygens (including phenoxy) is 1. The molecule has 5 heteroatoms. The van der Waals surface area contributed by atoms with E-state index in [0.29, 0.717) is 5.56 Å². The first kappa shape index (κ1) is 12.2. The molecular formula is C14H16N2O3. The maximum Gasteiger partial charge on any atom is 0.337 e. The number of nitrogens with zero attached hydrogens (tertiary/aromatic N) is 2. The van der Waals surface area contributed by atoms with Crippen molar-refractivity contribution in [3.63, 3.8) is 0 Å². The van der Waals surface area contributed by atoms with Gasteiger partial charge in [0.2, 0.25) is 0 Å². The van der Waals surface area contributed by atoms with Crippen LogP contribution in [0.4, 0.5) is 0 Å². The molecule has 1 aliphatic rings. The van der Waals surface area contributed by atoms with Crippen LogP contribution in [0.15, 0.2) is 24.5 Å². The molecule has 0 amide bonds. The van der Waals surface area contributed by atoms with Crippen LogP contribution < -0.4 is 0 Å². The third kappa shape index (κ3) is 2.00. The predicted octanol–water partition coefficient (Wildman–Crippen LogP) is 2.47. The fraction of sp³-hybridized carbons (Fsp3) is 0.429. The summed E-state index contributed by atoms with van der Waals surface area (Å²) in [5.74, 6) is -0.909. The predicted molar refractivity (Wildman–Crippen MR) is 70.4 cm³/mol. The van der Waals surface area contributed by atoms with E-state index in [9.17, 15) is 9.90 Å². The number of methoxy groups -OCH3 is 1. The Kier molecular flexibility index (Phi) is 2.98. The zero-order valence-electron chi connectivity index (χ0n) is 10.7. The Balaban J connectivity index is 2.07. The first-order chi connectivity index (χ1) is 9.20. The van der Waals surface area contributed by atoms with Crippen LogP contribution in [0.1, 0.15) is 35.7 Å². The van der Waals surface area contributed by atoms with Crippen LogP contribution in [0.5, 0.6) is 0 Å². The van der Waals surface area contributed by atoms with Crippen LogP contribution in [-0.2, 0) is 4.74 Å². The molecule has 5 nitrogen and oxygen atoms in total. The summed E-state index contributed by atoms with van der Waals surface area (Å²) in [5.41, 5.74) is 1.77. The SMILES string of the molecule is COC1CCC(n2cnc3cccc(C(=O)O)c32)C1. The van der Waals surface area contributed by atoms with E-state index in [2.05, 4.69) is 4.98 Å². The van der Waals surface area contributed by atoms with Gasteiger partial charge in [-0.1, -0.05) is 6.07 Å². The maximum atomic E-state index is 11.3. The molecule has 1 N–H and O–H groups in total. The van der Waals surface area contributed by atoms with Gasteiger partial charge in [-0.15, -0.1) is 0 Å². The monoisotopic (exact) mass is 260 g/mol. The minimum atomic E-state index is -0.909. The standard InChI is InChI=1S/C14H16N2O3/c1-19-10-6-5-9(7-10)16-8-15-12-4-2-3-11(13(12)16)14(17)18/h2-4,8-10H,5-7H2,1H3,(H,17,18). The summed E-state index contributed by atoms with van der Waals surface area (Å²) < 4.78 is 7.38. The highest BCUT2D eigenvalue weighted by Crippen LogP contribution is 2.34. The Morgan fingerprint density at radius 2 is 2.32 bits per heavy atom. The zero-order valence-corrected chi connectivity index (χ0v) is 10.7. The summed E-state index contributed by atoms with van der Waals surface area (Å²) in [6.07, 6.45) is 4.93. The second kappa shape index (κ2) is 4.66. The second-order valence-corrected chi connectivity index (χ2v) is 4.95. The minimum absolute atomic E-state index is 0.263. The van der Waals surface area contributed by atoms with Gasteiger partial charge in [-0.25, -0.2) is 9.78 Å². The Labute approximate surface area is 110 Å². The number of carboxylic acid groups (broad SMARTS) is 1. The highest BCUT2D eigenvalue weighted by atomic mass is 16.5. The molecule has 2 aromatic rings. The topological polar surface area (TPSA) is 64.4 Å². The average molecular weight is 260 g/mol. The van der Waals surface area contributed by atoms with Crippen molar-refractivity contribution in [3.05, 3.63) is 30.1 Å². The van der Waals surface area contributed by atoms with Crippen molar-refractivity contribution in [2.24, 2.45) is 0 Å². The van der Waals surface area contributed by atoms with Crippen molar-refractivity contribution in [3.8, 4) is 0 Å². The summed E-state index contributed by atoms with van der Waals surface area (Å²) in [4.78, 5) is 15.7. The molecule has 1 aliphatic carbocycles. The molecule has 0 saturated heterocycles. The first-order valence-electron chi connectivity index (χ1n) is 6.42. The van der Waals surface area contributed by atoms with E-state index in [4.69, 9.17) is 4.74 Å². The number of aromatic carboxylic acids is 1. The van der Waals surface area contributed by atoms with E-state index in [1.54, 1.807) is 25.6 Å². The normalized spacial score (nSPS) is 23.0. The number of carboxylic acids is 1. The lowest BCUT2D eigenvalue weighted by Crippen LogP contribution is -2.10. The number of carbonyl (C=O) groups is 1. The smallest absolute Gasteiger partial charge is 0.337 e. The van der Waals surface area contributed by atoms with Gasteiger partial charge in [0.05, 0.1) is 29.0 Å². The molecule has 2 atom stereocenters. The van der Waals surface area contributed by atoms with Gasteiger partial charge in [-0.05, 0) is 31.4 Å². The number of benzene rings is 1. The first-order valence-corrected chi connectivity index (χ1v) is 6.42. The lowest BCUT2D eigenvalue weighted by atomic mass is 10.1.